The average Bonchev–Trinajstić information content (AvgIpc) is 2.68. The molecule has 0 aliphatic rings. The first-order valence-electron chi connectivity index (χ1n) is 8.10. The Balaban J connectivity index is 1.84. The summed E-state index contributed by atoms with van der Waals surface area (Å²) in [6.45, 7) is 1.82. The second-order valence-corrected chi connectivity index (χ2v) is 5.75. The number of amides is 1. The van der Waals surface area contributed by atoms with Gasteiger partial charge in [-0.1, -0.05) is 30.3 Å². The number of anilines is 1. The quantitative estimate of drug-likeness (QED) is 0.754. The molecule has 3 rings (SSSR count). The van der Waals surface area contributed by atoms with Gasteiger partial charge in [0.1, 0.15) is 23.7 Å². The van der Waals surface area contributed by atoms with E-state index in [4.69, 9.17) is 4.74 Å². The molecule has 1 aromatic heterocycles. The Labute approximate surface area is 150 Å². The Bertz CT molecular complexity index is 916. The molecule has 0 aliphatic heterocycles. The highest BCUT2D eigenvalue weighted by Gasteiger charge is 2.16. The number of nitrogens with one attached hydrogen (secondary N) is 1. The second kappa shape index (κ2) is 7.74. The molecule has 1 heterocycles. The fourth-order valence-corrected chi connectivity index (χ4v) is 2.58. The first kappa shape index (κ1) is 17.5. The molecule has 0 aliphatic carbocycles. The second-order valence-electron chi connectivity index (χ2n) is 5.75. The third-order valence-corrected chi connectivity index (χ3v) is 4.05. The maximum Gasteiger partial charge on any atom is 0.232 e. The summed E-state index contributed by atoms with van der Waals surface area (Å²) in [6.07, 6.45) is 1.32. The van der Waals surface area contributed by atoms with Crippen LogP contribution in [0, 0.1) is 5.82 Å². The van der Waals surface area contributed by atoms with E-state index in [1.807, 2.05) is 37.3 Å². The number of rotatable bonds is 5. The third-order valence-electron chi connectivity index (χ3n) is 4.05. The Morgan fingerprint density at radius 3 is 2.62 bits per heavy atom. The smallest absolute Gasteiger partial charge is 0.232 e. The van der Waals surface area contributed by atoms with Crippen LogP contribution >= 0.6 is 0 Å². The molecule has 5 nitrogen and oxygen atoms in total. The fourth-order valence-electron chi connectivity index (χ4n) is 2.58. The van der Waals surface area contributed by atoms with Gasteiger partial charge < -0.3 is 10.1 Å². The molecule has 1 atom stereocenters. The normalized spacial score (nSPS) is 11.7. The van der Waals surface area contributed by atoms with E-state index < -0.39 is 5.82 Å². The van der Waals surface area contributed by atoms with Crippen molar-refractivity contribution in [3.8, 4) is 17.0 Å². The average molecular weight is 351 g/mol. The Morgan fingerprint density at radius 1 is 1.12 bits per heavy atom. The zero-order chi connectivity index (χ0) is 18.5. The van der Waals surface area contributed by atoms with Crippen LogP contribution in [0.15, 0.2) is 60.9 Å². The van der Waals surface area contributed by atoms with Crippen LogP contribution in [0.3, 0.4) is 0 Å². The van der Waals surface area contributed by atoms with E-state index in [9.17, 15) is 9.18 Å². The highest BCUT2D eigenvalue weighted by atomic mass is 19.1. The molecule has 0 saturated heterocycles. The molecule has 0 bridgehead atoms. The standard InChI is InChI=1S/C20H18FN3O2/c1-13(14-6-4-3-5-7-14)20(25)24-19-11-17(22-12-23-19)16-10-15(21)8-9-18(16)26-2/h3-13H,1-2H3,(H,22,23,24,25)/t13-/m0/s1. The van der Waals surface area contributed by atoms with Gasteiger partial charge in [0, 0.05) is 11.6 Å². The maximum atomic E-state index is 13.6. The van der Waals surface area contributed by atoms with E-state index in [1.54, 1.807) is 6.07 Å². The molecule has 0 spiro atoms. The minimum atomic E-state index is -0.400. The van der Waals surface area contributed by atoms with Crippen molar-refractivity contribution in [2.75, 3.05) is 12.4 Å². The van der Waals surface area contributed by atoms with Gasteiger partial charge >= 0.3 is 0 Å². The van der Waals surface area contributed by atoms with Gasteiger partial charge in [-0.25, -0.2) is 14.4 Å². The van der Waals surface area contributed by atoms with Crippen LogP contribution in [0.4, 0.5) is 10.2 Å². The number of hydrogen-bond donors (Lipinski definition) is 1. The molecular weight excluding hydrogens is 333 g/mol. The van der Waals surface area contributed by atoms with E-state index in [1.165, 1.54) is 31.6 Å². The van der Waals surface area contributed by atoms with Crippen molar-refractivity contribution < 1.29 is 13.9 Å². The van der Waals surface area contributed by atoms with Crippen LogP contribution in [0.25, 0.3) is 11.3 Å². The zero-order valence-electron chi connectivity index (χ0n) is 14.4. The van der Waals surface area contributed by atoms with Crippen molar-refractivity contribution in [2.45, 2.75) is 12.8 Å². The van der Waals surface area contributed by atoms with Crippen molar-refractivity contribution in [1.29, 1.82) is 0 Å². The van der Waals surface area contributed by atoms with Gasteiger partial charge in [-0.15, -0.1) is 0 Å². The first-order valence-corrected chi connectivity index (χ1v) is 8.10. The molecule has 2 aromatic carbocycles. The molecule has 6 heteroatoms. The predicted molar refractivity (Wildman–Crippen MR) is 97.5 cm³/mol. The van der Waals surface area contributed by atoms with Crippen molar-refractivity contribution in [3.63, 3.8) is 0 Å². The van der Waals surface area contributed by atoms with Gasteiger partial charge in [0.2, 0.25) is 5.91 Å². The van der Waals surface area contributed by atoms with E-state index in [2.05, 4.69) is 15.3 Å². The van der Waals surface area contributed by atoms with E-state index in [0.717, 1.165) is 5.56 Å². The van der Waals surface area contributed by atoms with E-state index >= 15 is 0 Å². The van der Waals surface area contributed by atoms with Gasteiger partial charge in [-0.3, -0.25) is 4.79 Å². The highest BCUT2D eigenvalue weighted by Crippen LogP contribution is 2.30. The van der Waals surface area contributed by atoms with Crippen LogP contribution in [-0.2, 0) is 4.79 Å². The lowest BCUT2D eigenvalue weighted by atomic mass is 10.0. The fraction of sp³-hybridized carbons (Fsp3) is 0.150. The molecule has 1 amide bonds. The number of hydrogen-bond acceptors (Lipinski definition) is 4. The lowest BCUT2D eigenvalue weighted by molar-refractivity contribution is -0.117. The first-order chi connectivity index (χ1) is 12.6. The molecule has 132 valence electrons. The van der Waals surface area contributed by atoms with Crippen LogP contribution in [0.1, 0.15) is 18.4 Å². The van der Waals surface area contributed by atoms with Crippen LogP contribution in [-0.4, -0.2) is 23.0 Å². The lowest BCUT2D eigenvalue weighted by Crippen LogP contribution is -2.19. The highest BCUT2D eigenvalue weighted by molar-refractivity contribution is 5.95. The number of benzene rings is 2. The van der Waals surface area contributed by atoms with Crippen LogP contribution < -0.4 is 10.1 Å². The van der Waals surface area contributed by atoms with Crippen LogP contribution in [0.2, 0.25) is 0 Å². The molecule has 0 radical (unpaired) electrons. The Kier molecular flexibility index (Phi) is 5.22. The lowest BCUT2D eigenvalue weighted by Gasteiger charge is -2.13. The Morgan fingerprint density at radius 2 is 1.88 bits per heavy atom. The zero-order valence-corrected chi connectivity index (χ0v) is 14.4. The van der Waals surface area contributed by atoms with Crippen LogP contribution in [0.5, 0.6) is 5.75 Å². The summed E-state index contributed by atoms with van der Waals surface area (Å²) in [5, 5.41) is 2.78. The minimum absolute atomic E-state index is 0.188. The minimum Gasteiger partial charge on any atom is -0.496 e. The maximum absolute atomic E-state index is 13.6. The van der Waals surface area contributed by atoms with E-state index in [0.29, 0.717) is 22.8 Å². The number of halogens is 1. The molecule has 3 aromatic rings. The summed E-state index contributed by atoms with van der Waals surface area (Å²) < 4.78 is 18.9. The molecular formula is C20H18FN3O2. The summed E-state index contributed by atoms with van der Waals surface area (Å²) in [4.78, 5) is 20.7. The van der Waals surface area contributed by atoms with Gasteiger partial charge in [0.05, 0.1) is 18.7 Å². The summed E-state index contributed by atoms with van der Waals surface area (Å²) in [5.74, 6) is -0.0952. The van der Waals surface area contributed by atoms with Crippen molar-refractivity contribution >= 4 is 11.7 Å². The largest absolute Gasteiger partial charge is 0.496 e. The molecule has 0 unspecified atom stereocenters. The molecule has 26 heavy (non-hydrogen) atoms. The summed E-state index contributed by atoms with van der Waals surface area (Å²) in [6, 6.07) is 15.2. The summed E-state index contributed by atoms with van der Waals surface area (Å²) in [5.41, 5.74) is 1.85. The summed E-state index contributed by atoms with van der Waals surface area (Å²) in [7, 11) is 1.50. The Hall–Kier alpha value is -3.28. The molecule has 0 saturated carbocycles. The predicted octanol–water partition coefficient (Wildman–Crippen LogP) is 4.03. The SMILES string of the molecule is COc1ccc(F)cc1-c1cc(NC(=O)[C@@H](C)c2ccccc2)ncn1. The van der Waals surface area contributed by atoms with Crippen molar-refractivity contribution in [2.24, 2.45) is 0 Å². The summed E-state index contributed by atoms with van der Waals surface area (Å²) >= 11 is 0. The van der Waals surface area contributed by atoms with Crippen molar-refractivity contribution in [1.82, 2.24) is 9.97 Å². The topological polar surface area (TPSA) is 64.1 Å². The number of carbonyl (C=O) groups is 1. The van der Waals surface area contributed by atoms with Gasteiger partial charge in [0.15, 0.2) is 0 Å². The number of nitrogens with zero attached hydrogens (tertiary/aromatic N) is 2. The molecule has 0 fully saturated rings. The number of ether oxygens (including phenoxy) is 1. The number of methoxy groups -OCH3 is 1. The number of aromatic nitrogens is 2. The third kappa shape index (κ3) is 3.85. The van der Waals surface area contributed by atoms with E-state index in [-0.39, 0.29) is 11.8 Å². The number of carbonyl (C=O) groups excluding carboxylic acids is 1. The van der Waals surface area contributed by atoms with Crippen molar-refractivity contribution in [3.05, 3.63) is 72.3 Å². The molecule has 1 N–H and O–H groups in total. The van der Waals surface area contributed by atoms with Gasteiger partial charge in [-0.2, -0.15) is 0 Å². The van der Waals surface area contributed by atoms with Gasteiger partial charge in [0.25, 0.3) is 0 Å². The monoisotopic (exact) mass is 351 g/mol. The van der Waals surface area contributed by atoms with Gasteiger partial charge in [-0.05, 0) is 30.7 Å².